The lowest BCUT2D eigenvalue weighted by Gasteiger charge is -2.27. The number of nitrogens with zero attached hydrogens (tertiary/aromatic N) is 1. The molecule has 134 valence electrons. The molecule has 4 rings (SSSR count). The number of ether oxygens (including phenoxy) is 4. The molecular formula is C19H18N2O4S. The van der Waals surface area contributed by atoms with Crippen LogP contribution in [0.5, 0.6) is 23.0 Å². The van der Waals surface area contributed by atoms with Crippen molar-refractivity contribution >= 4 is 22.9 Å². The average molecular weight is 370 g/mol. The quantitative estimate of drug-likeness (QED) is 0.509. The first kappa shape index (κ1) is 16.7. The predicted octanol–water partition coefficient (Wildman–Crippen LogP) is 2.96. The number of para-hydroxylation sites is 4. The Morgan fingerprint density at radius 1 is 0.885 bits per heavy atom. The normalized spacial score (nSPS) is 21.0. The number of hydrogen-bond acceptors (Lipinski definition) is 6. The van der Waals surface area contributed by atoms with Crippen LogP contribution < -0.4 is 24.4 Å². The Kier molecular flexibility index (Phi) is 4.62. The molecule has 26 heavy (non-hydrogen) atoms. The third-order valence-electron chi connectivity index (χ3n) is 4.12. The first-order chi connectivity index (χ1) is 12.7. The van der Waals surface area contributed by atoms with Crippen LogP contribution in [0, 0.1) is 0 Å². The van der Waals surface area contributed by atoms with Crippen LogP contribution in [-0.4, -0.2) is 36.1 Å². The maximum absolute atomic E-state index is 5.92. The van der Waals surface area contributed by atoms with Gasteiger partial charge in [0, 0.05) is 0 Å². The highest BCUT2D eigenvalue weighted by atomic mass is 32.1. The molecule has 2 aliphatic heterocycles. The highest BCUT2D eigenvalue weighted by molar-refractivity contribution is 7.80. The molecule has 7 heteroatoms. The lowest BCUT2D eigenvalue weighted by molar-refractivity contribution is 0.132. The van der Waals surface area contributed by atoms with E-state index in [9.17, 15) is 0 Å². The Hall–Kier alpha value is -2.80. The van der Waals surface area contributed by atoms with Gasteiger partial charge >= 0.3 is 0 Å². The second-order valence-electron chi connectivity index (χ2n) is 5.96. The van der Waals surface area contributed by atoms with Crippen molar-refractivity contribution < 1.29 is 18.9 Å². The molecule has 2 heterocycles. The van der Waals surface area contributed by atoms with Gasteiger partial charge in [-0.05, 0) is 31.2 Å². The molecule has 0 aliphatic carbocycles. The highest BCUT2D eigenvalue weighted by Gasteiger charge is 2.26. The van der Waals surface area contributed by atoms with Crippen molar-refractivity contribution in [2.45, 2.75) is 19.1 Å². The number of rotatable bonds is 3. The number of fused-ring (bicyclic) bond motifs is 2. The molecule has 2 atom stereocenters. The maximum Gasteiger partial charge on any atom is 0.184 e. The van der Waals surface area contributed by atoms with Gasteiger partial charge in [-0.1, -0.05) is 36.5 Å². The topological polar surface area (TPSA) is 61.3 Å². The molecule has 0 saturated heterocycles. The molecule has 0 aromatic heterocycles. The summed E-state index contributed by atoms with van der Waals surface area (Å²) < 4.78 is 23.2. The Morgan fingerprint density at radius 2 is 1.38 bits per heavy atom. The van der Waals surface area contributed by atoms with Crippen molar-refractivity contribution in [3.63, 3.8) is 0 Å². The summed E-state index contributed by atoms with van der Waals surface area (Å²) >= 11 is 5.39. The van der Waals surface area contributed by atoms with E-state index in [4.69, 9.17) is 31.2 Å². The van der Waals surface area contributed by atoms with Crippen molar-refractivity contribution in [1.29, 1.82) is 0 Å². The largest absolute Gasteiger partial charge is 0.485 e. The third-order valence-corrected chi connectivity index (χ3v) is 4.47. The van der Waals surface area contributed by atoms with E-state index in [1.165, 1.54) is 0 Å². The van der Waals surface area contributed by atoms with Crippen LogP contribution in [0.25, 0.3) is 0 Å². The zero-order valence-corrected chi connectivity index (χ0v) is 15.0. The van der Waals surface area contributed by atoms with Crippen molar-refractivity contribution in [3.05, 3.63) is 48.5 Å². The van der Waals surface area contributed by atoms with Gasteiger partial charge in [-0.2, -0.15) is 5.10 Å². The van der Waals surface area contributed by atoms with E-state index in [2.05, 4.69) is 10.5 Å². The first-order valence-electron chi connectivity index (χ1n) is 8.32. The zero-order chi connectivity index (χ0) is 17.9. The summed E-state index contributed by atoms with van der Waals surface area (Å²) in [5, 5.41) is 4.34. The van der Waals surface area contributed by atoms with E-state index >= 15 is 0 Å². The molecule has 0 spiro atoms. The summed E-state index contributed by atoms with van der Waals surface area (Å²) in [6, 6.07) is 15.1. The summed E-state index contributed by atoms with van der Waals surface area (Å²) in [5.41, 5.74) is 3.62. The molecule has 0 radical (unpaired) electrons. The van der Waals surface area contributed by atoms with E-state index in [1.54, 1.807) is 0 Å². The molecule has 0 unspecified atom stereocenters. The van der Waals surface area contributed by atoms with E-state index in [0.29, 0.717) is 29.7 Å². The molecule has 0 fully saturated rings. The van der Waals surface area contributed by atoms with E-state index in [1.807, 2.05) is 55.5 Å². The Bertz CT molecular complexity index is 855. The van der Waals surface area contributed by atoms with Gasteiger partial charge < -0.3 is 18.9 Å². The Labute approximate surface area is 156 Å². The van der Waals surface area contributed by atoms with Crippen LogP contribution in [-0.2, 0) is 0 Å². The van der Waals surface area contributed by atoms with Crippen LogP contribution in [0.4, 0.5) is 0 Å². The predicted molar refractivity (Wildman–Crippen MR) is 102 cm³/mol. The van der Waals surface area contributed by atoms with Gasteiger partial charge in [-0.3, -0.25) is 5.43 Å². The number of hydrogen-bond donors (Lipinski definition) is 1. The molecular weight excluding hydrogens is 352 g/mol. The van der Waals surface area contributed by atoms with Crippen LogP contribution in [0.2, 0.25) is 0 Å². The summed E-state index contributed by atoms with van der Waals surface area (Å²) in [7, 11) is 0. The molecule has 0 bridgehead atoms. The Balaban J connectivity index is 1.37. The van der Waals surface area contributed by atoms with Crippen molar-refractivity contribution in [2.24, 2.45) is 5.10 Å². The van der Waals surface area contributed by atoms with Gasteiger partial charge in [-0.25, -0.2) is 0 Å². The fourth-order valence-corrected chi connectivity index (χ4v) is 2.82. The first-order valence-corrected chi connectivity index (χ1v) is 8.72. The third kappa shape index (κ3) is 3.43. The number of nitrogens with one attached hydrogen (secondary N) is 1. The van der Waals surface area contributed by atoms with Gasteiger partial charge in [-0.15, -0.1) is 0 Å². The molecule has 6 nitrogen and oxygen atoms in total. The minimum Gasteiger partial charge on any atom is -0.485 e. The van der Waals surface area contributed by atoms with Crippen LogP contribution in [0.3, 0.4) is 0 Å². The second-order valence-corrected chi connectivity index (χ2v) is 6.40. The van der Waals surface area contributed by atoms with Gasteiger partial charge in [0.25, 0.3) is 0 Å². The molecule has 1 N–H and O–H groups in total. The number of benzene rings is 2. The van der Waals surface area contributed by atoms with E-state index < -0.39 is 0 Å². The fraction of sp³-hybridized carbons (Fsp3) is 0.263. The van der Waals surface area contributed by atoms with Gasteiger partial charge in [0.1, 0.15) is 18.2 Å². The lowest BCUT2D eigenvalue weighted by Crippen LogP contribution is -2.42. The Morgan fingerprint density at radius 3 is 2.00 bits per heavy atom. The summed E-state index contributed by atoms with van der Waals surface area (Å²) in [6.45, 7) is 2.61. The lowest BCUT2D eigenvalue weighted by atomic mass is 10.2. The van der Waals surface area contributed by atoms with Crippen molar-refractivity contribution in [1.82, 2.24) is 5.43 Å². The zero-order valence-electron chi connectivity index (χ0n) is 14.2. The molecule has 0 amide bonds. The smallest absolute Gasteiger partial charge is 0.184 e. The molecule has 0 saturated carbocycles. The second kappa shape index (κ2) is 7.21. The van der Waals surface area contributed by atoms with Gasteiger partial charge in [0.15, 0.2) is 35.2 Å². The van der Waals surface area contributed by atoms with Crippen LogP contribution in [0.1, 0.15) is 6.92 Å². The number of thiocarbonyl (C=S) groups is 1. The van der Waals surface area contributed by atoms with E-state index in [-0.39, 0.29) is 12.2 Å². The fourth-order valence-electron chi connectivity index (χ4n) is 2.66. The van der Waals surface area contributed by atoms with Crippen molar-refractivity contribution in [3.8, 4) is 23.0 Å². The summed E-state index contributed by atoms with van der Waals surface area (Å²) in [4.78, 5) is 0.455. The molecule has 2 aliphatic rings. The minimum absolute atomic E-state index is 0.274. The molecule has 2 aromatic rings. The maximum atomic E-state index is 5.92. The minimum atomic E-state index is -0.388. The summed E-state index contributed by atoms with van der Waals surface area (Å²) in [6.07, 6.45) is -0.662. The standard InChI is InChI=1S/C19H18N2O4S/c1-12(17-10-22-13-6-2-4-8-15(13)24-17)20-21-19(26)18-11-23-14-7-3-5-9-16(14)25-18/h2-9,17-18H,10-11H2,1H3,(H,21,26)/b20-12-/t17-,18-/m0/s1. The van der Waals surface area contributed by atoms with Crippen molar-refractivity contribution in [2.75, 3.05) is 13.2 Å². The number of hydrazone groups is 1. The molecule has 2 aromatic carbocycles. The van der Waals surface area contributed by atoms with Crippen LogP contribution in [0.15, 0.2) is 53.6 Å². The van der Waals surface area contributed by atoms with Gasteiger partial charge in [0.05, 0.1) is 5.71 Å². The average Bonchev–Trinajstić information content (AvgIpc) is 2.71. The monoisotopic (exact) mass is 370 g/mol. The SMILES string of the molecule is C/C(=N/NC(=S)[C@@H]1COc2ccccc2O1)[C@@H]1COc2ccccc2O1. The van der Waals surface area contributed by atoms with Gasteiger partial charge in [0.2, 0.25) is 0 Å². The highest BCUT2D eigenvalue weighted by Crippen LogP contribution is 2.32. The summed E-state index contributed by atoms with van der Waals surface area (Å²) in [5.74, 6) is 2.85. The van der Waals surface area contributed by atoms with E-state index in [0.717, 1.165) is 17.2 Å². The van der Waals surface area contributed by atoms with Crippen LogP contribution >= 0.6 is 12.2 Å².